The number of nitrogens with one attached hydrogen (secondary N) is 1. The zero-order valence-corrected chi connectivity index (χ0v) is 21.2. The summed E-state index contributed by atoms with van der Waals surface area (Å²) >= 11 is 0. The van der Waals surface area contributed by atoms with E-state index >= 15 is 0 Å². The van der Waals surface area contributed by atoms with E-state index in [1.54, 1.807) is 36.4 Å². The Labute approximate surface area is 208 Å². The van der Waals surface area contributed by atoms with Gasteiger partial charge >= 0.3 is 0 Å². The van der Waals surface area contributed by atoms with Crippen LogP contribution in [0, 0.1) is 13.8 Å². The molecule has 1 aliphatic rings. The Morgan fingerprint density at radius 1 is 0.886 bits per heavy atom. The molecule has 1 N–H and O–H groups in total. The van der Waals surface area contributed by atoms with Crippen LogP contribution in [0.2, 0.25) is 0 Å². The lowest BCUT2D eigenvalue weighted by molar-refractivity contribution is -0.119. The molecule has 7 heteroatoms. The molecule has 3 aromatic carbocycles. The molecule has 184 valence electrons. The average molecular weight is 492 g/mol. The average Bonchev–Trinajstić information content (AvgIpc) is 3.36. The fourth-order valence-electron chi connectivity index (χ4n) is 4.43. The molecule has 0 aromatic heterocycles. The van der Waals surface area contributed by atoms with Gasteiger partial charge in [-0.2, -0.15) is 0 Å². The molecule has 0 bridgehead atoms. The number of aryl methyl sites for hydroxylation is 2. The van der Waals surface area contributed by atoms with E-state index in [9.17, 15) is 13.2 Å². The summed E-state index contributed by atoms with van der Waals surface area (Å²) in [6.07, 6.45) is 2.45. The lowest BCUT2D eigenvalue weighted by atomic mass is 10.1. The van der Waals surface area contributed by atoms with Gasteiger partial charge in [-0.15, -0.1) is 0 Å². The van der Waals surface area contributed by atoms with Crippen LogP contribution >= 0.6 is 0 Å². The molecule has 0 aliphatic carbocycles. The van der Waals surface area contributed by atoms with Gasteiger partial charge in [-0.1, -0.05) is 60.2 Å². The molecule has 0 spiro atoms. The van der Waals surface area contributed by atoms with E-state index < -0.39 is 10.0 Å². The van der Waals surface area contributed by atoms with Gasteiger partial charge in [0.1, 0.15) is 6.54 Å². The molecule has 1 saturated heterocycles. The number of carbonyl (C=O) groups excluding carboxylic acids is 1. The third kappa shape index (κ3) is 6.10. The Bertz CT molecular complexity index is 1270. The van der Waals surface area contributed by atoms with Crippen LogP contribution in [-0.4, -0.2) is 38.9 Å². The lowest BCUT2D eigenvalue weighted by Crippen LogP contribution is -2.41. The number of amides is 1. The Morgan fingerprint density at radius 3 is 2.20 bits per heavy atom. The summed E-state index contributed by atoms with van der Waals surface area (Å²) in [7, 11) is -3.93. The van der Waals surface area contributed by atoms with E-state index in [4.69, 9.17) is 0 Å². The SMILES string of the molecule is Cc1ccc(S(=O)(=O)N(CC(=O)NCc2ccccc2CN2CCCC2)c2ccccc2C)cc1. The normalized spacial score (nSPS) is 14.1. The van der Waals surface area contributed by atoms with Crippen molar-refractivity contribution in [3.8, 4) is 0 Å². The van der Waals surface area contributed by atoms with E-state index in [1.807, 2.05) is 44.2 Å². The highest BCUT2D eigenvalue weighted by atomic mass is 32.2. The molecular formula is C28H33N3O3S. The minimum Gasteiger partial charge on any atom is -0.350 e. The molecule has 4 rings (SSSR count). The van der Waals surface area contributed by atoms with Gasteiger partial charge in [0, 0.05) is 13.1 Å². The van der Waals surface area contributed by atoms with E-state index in [0.29, 0.717) is 12.2 Å². The number of nitrogens with zero attached hydrogens (tertiary/aromatic N) is 2. The van der Waals surface area contributed by atoms with Crippen LogP contribution in [0.4, 0.5) is 5.69 Å². The Balaban J connectivity index is 1.53. The highest BCUT2D eigenvalue weighted by Crippen LogP contribution is 2.27. The molecule has 0 saturated carbocycles. The van der Waals surface area contributed by atoms with E-state index in [1.165, 1.54) is 22.7 Å². The summed E-state index contributed by atoms with van der Waals surface area (Å²) in [5, 5.41) is 2.95. The van der Waals surface area contributed by atoms with E-state index in [-0.39, 0.29) is 17.3 Å². The van der Waals surface area contributed by atoms with Crippen molar-refractivity contribution >= 4 is 21.6 Å². The van der Waals surface area contributed by atoms with Gasteiger partial charge < -0.3 is 5.32 Å². The highest BCUT2D eigenvalue weighted by molar-refractivity contribution is 7.92. The molecular weight excluding hydrogens is 458 g/mol. The minimum absolute atomic E-state index is 0.162. The number of para-hydroxylation sites is 1. The fraction of sp³-hybridized carbons (Fsp3) is 0.321. The first-order valence-electron chi connectivity index (χ1n) is 12.1. The molecule has 0 unspecified atom stereocenters. The monoisotopic (exact) mass is 491 g/mol. The van der Waals surface area contributed by atoms with Crippen LogP contribution in [0.15, 0.2) is 77.7 Å². The second kappa shape index (κ2) is 11.1. The van der Waals surface area contributed by atoms with Crippen molar-refractivity contribution in [1.82, 2.24) is 10.2 Å². The summed E-state index contributed by atoms with van der Waals surface area (Å²) in [5.74, 6) is -0.347. The lowest BCUT2D eigenvalue weighted by Gasteiger charge is -2.26. The molecule has 3 aromatic rings. The van der Waals surface area contributed by atoms with Gasteiger partial charge in [-0.3, -0.25) is 14.0 Å². The zero-order valence-electron chi connectivity index (χ0n) is 20.4. The van der Waals surface area contributed by atoms with Crippen LogP contribution < -0.4 is 9.62 Å². The van der Waals surface area contributed by atoms with Crippen molar-refractivity contribution < 1.29 is 13.2 Å². The van der Waals surface area contributed by atoms with Crippen LogP contribution in [-0.2, 0) is 27.9 Å². The number of benzene rings is 3. The second-order valence-electron chi connectivity index (χ2n) is 9.14. The number of likely N-dealkylation sites (tertiary alicyclic amines) is 1. The maximum atomic E-state index is 13.6. The Morgan fingerprint density at radius 2 is 1.51 bits per heavy atom. The van der Waals surface area contributed by atoms with Gasteiger partial charge in [-0.25, -0.2) is 8.42 Å². The molecule has 1 heterocycles. The van der Waals surface area contributed by atoms with E-state index in [2.05, 4.69) is 16.3 Å². The quantitative estimate of drug-likeness (QED) is 0.481. The molecule has 6 nitrogen and oxygen atoms in total. The predicted molar refractivity (Wildman–Crippen MR) is 140 cm³/mol. The van der Waals surface area contributed by atoms with Crippen molar-refractivity contribution in [3.05, 3.63) is 95.1 Å². The van der Waals surface area contributed by atoms with Gasteiger partial charge in [-0.05, 0) is 74.7 Å². The van der Waals surface area contributed by atoms with Crippen molar-refractivity contribution in [2.24, 2.45) is 0 Å². The third-order valence-electron chi connectivity index (χ3n) is 6.47. The summed E-state index contributed by atoms with van der Waals surface area (Å²) < 4.78 is 28.4. The summed E-state index contributed by atoms with van der Waals surface area (Å²) in [6, 6.07) is 22.0. The Kier molecular flexibility index (Phi) is 7.88. The molecule has 1 aliphatic heterocycles. The summed E-state index contributed by atoms with van der Waals surface area (Å²) in [5.41, 5.74) is 4.50. The standard InChI is InChI=1S/C28H33N3O3S/c1-22-13-15-26(16-14-22)35(33,34)31(27-12-6-3-9-23(27)2)21-28(32)29-19-24-10-4-5-11-25(24)20-30-17-7-8-18-30/h3-6,9-16H,7-8,17-21H2,1-2H3,(H,29,32). The van der Waals surface area contributed by atoms with Crippen molar-refractivity contribution in [3.63, 3.8) is 0 Å². The van der Waals surface area contributed by atoms with Crippen molar-refractivity contribution in [1.29, 1.82) is 0 Å². The fourth-order valence-corrected chi connectivity index (χ4v) is 5.91. The minimum atomic E-state index is -3.93. The smallest absolute Gasteiger partial charge is 0.264 e. The third-order valence-corrected chi connectivity index (χ3v) is 8.24. The van der Waals surface area contributed by atoms with Gasteiger partial charge in [0.25, 0.3) is 10.0 Å². The maximum Gasteiger partial charge on any atom is 0.264 e. The topological polar surface area (TPSA) is 69.7 Å². The second-order valence-corrected chi connectivity index (χ2v) is 11.0. The predicted octanol–water partition coefficient (Wildman–Crippen LogP) is 4.41. The molecule has 0 atom stereocenters. The van der Waals surface area contributed by atoms with Crippen LogP contribution in [0.5, 0.6) is 0 Å². The van der Waals surface area contributed by atoms with Crippen LogP contribution in [0.25, 0.3) is 0 Å². The number of hydrogen-bond donors (Lipinski definition) is 1. The number of carbonyl (C=O) groups is 1. The molecule has 1 fully saturated rings. The van der Waals surface area contributed by atoms with E-state index in [0.717, 1.165) is 36.3 Å². The maximum absolute atomic E-state index is 13.6. The molecule has 0 radical (unpaired) electrons. The zero-order chi connectivity index (χ0) is 24.8. The summed E-state index contributed by atoms with van der Waals surface area (Å²) in [6.45, 7) is 6.88. The first-order valence-corrected chi connectivity index (χ1v) is 13.5. The largest absolute Gasteiger partial charge is 0.350 e. The van der Waals surface area contributed by atoms with Gasteiger partial charge in [0.2, 0.25) is 5.91 Å². The van der Waals surface area contributed by atoms with Gasteiger partial charge in [0.05, 0.1) is 10.6 Å². The number of hydrogen-bond acceptors (Lipinski definition) is 4. The number of rotatable bonds is 9. The summed E-state index contributed by atoms with van der Waals surface area (Å²) in [4.78, 5) is 15.7. The number of anilines is 1. The Hall–Kier alpha value is -3.16. The highest BCUT2D eigenvalue weighted by Gasteiger charge is 2.28. The van der Waals surface area contributed by atoms with Gasteiger partial charge in [0.15, 0.2) is 0 Å². The van der Waals surface area contributed by atoms with Crippen LogP contribution in [0.3, 0.4) is 0 Å². The van der Waals surface area contributed by atoms with Crippen LogP contribution in [0.1, 0.15) is 35.1 Å². The molecule has 1 amide bonds. The number of sulfonamides is 1. The van der Waals surface area contributed by atoms with Crippen molar-refractivity contribution in [2.75, 3.05) is 23.9 Å². The first kappa shape index (κ1) is 24.9. The van der Waals surface area contributed by atoms with Crippen molar-refractivity contribution in [2.45, 2.75) is 44.7 Å². The molecule has 35 heavy (non-hydrogen) atoms. The first-order chi connectivity index (χ1) is 16.8.